The van der Waals surface area contributed by atoms with E-state index in [0.29, 0.717) is 35.1 Å². The van der Waals surface area contributed by atoms with Crippen LogP contribution in [0.3, 0.4) is 0 Å². The van der Waals surface area contributed by atoms with E-state index < -0.39 is 0 Å². The number of amides is 2. The molecule has 8 heteroatoms. The van der Waals surface area contributed by atoms with Crippen molar-refractivity contribution in [1.29, 1.82) is 0 Å². The summed E-state index contributed by atoms with van der Waals surface area (Å²) in [6.45, 7) is 4.64. The summed E-state index contributed by atoms with van der Waals surface area (Å²) in [5.41, 5.74) is 3.57. The summed E-state index contributed by atoms with van der Waals surface area (Å²) >= 11 is 12.2. The quantitative estimate of drug-likeness (QED) is 0.241. The fourth-order valence-corrected chi connectivity index (χ4v) is 4.66. The van der Waals surface area contributed by atoms with Crippen molar-refractivity contribution in [3.8, 4) is 5.75 Å². The number of ether oxygens (including phenoxy) is 1. The van der Waals surface area contributed by atoms with Crippen molar-refractivity contribution in [2.24, 2.45) is 0 Å². The Kier molecular flexibility index (Phi) is 8.97. The van der Waals surface area contributed by atoms with Crippen LogP contribution in [0.4, 0.5) is 0 Å². The van der Waals surface area contributed by atoms with Crippen molar-refractivity contribution in [3.63, 3.8) is 0 Å². The summed E-state index contributed by atoms with van der Waals surface area (Å²) in [6, 6.07) is 20.3. The second kappa shape index (κ2) is 12.4. The van der Waals surface area contributed by atoms with E-state index in [9.17, 15) is 9.59 Å². The Labute approximate surface area is 233 Å². The first-order valence-electron chi connectivity index (χ1n) is 12.5. The fraction of sp³-hybridized carbons (Fsp3) is 0.267. The minimum Gasteiger partial charge on any atom is -0.497 e. The van der Waals surface area contributed by atoms with Crippen LogP contribution < -0.4 is 4.74 Å². The first-order valence-corrected chi connectivity index (χ1v) is 13.2. The molecule has 3 aromatic carbocycles. The topological polar surface area (TPSA) is 65.6 Å². The van der Waals surface area contributed by atoms with Gasteiger partial charge >= 0.3 is 0 Å². The molecule has 38 heavy (non-hydrogen) atoms. The summed E-state index contributed by atoms with van der Waals surface area (Å²) in [6.07, 6.45) is 2.67. The summed E-state index contributed by atoms with van der Waals surface area (Å²) in [7, 11) is 1.62. The van der Waals surface area contributed by atoms with Gasteiger partial charge in [0.2, 0.25) is 5.91 Å². The number of carbonyl (C=O) groups excluding carboxylic acids is 2. The maximum absolute atomic E-state index is 13.7. The highest BCUT2D eigenvalue weighted by Gasteiger charge is 2.25. The van der Waals surface area contributed by atoms with Crippen LogP contribution in [-0.2, 0) is 17.8 Å². The predicted molar refractivity (Wildman–Crippen MR) is 153 cm³/mol. The molecule has 1 N–H and O–H groups in total. The number of aromatic nitrogens is 1. The van der Waals surface area contributed by atoms with Crippen molar-refractivity contribution in [2.75, 3.05) is 20.2 Å². The van der Waals surface area contributed by atoms with Gasteiger partial charge in [-0.25, -0.2) is 0 Å². The summed E-state index contributed by atoms with van der Waals surface area (Å²) < 4.78 is 5.28. The van der Waals surface area contributed by atoms with Crippen LogP contribution in [0.15, 0.2) is 72.9 Å². The van der Waals surface area contributed by atoms with E-state index in [4.69, 9.17) is 27.9 Å². The van der Waals surface area contributed by atoms with E-state index in [1.165, 1.54) is 6.07 Å². The molecule has 198 valence electrons. The van der Waals surface area contributed by atoms with Crippen LogP contribution in [0.25, 0.3) is 10.9 Å². The molecule has 0 atom stereocenters. The molecule has 0 bridgehead atoms. The molecule has 1 heterocycles. The molecule has 0 unspecified atom stereocenters. The Morgan fingerprint density at radius 3 is 2.39 bits per heavy atom. The maximum Gasteiger partial charge on any atom is 0.254 e. The van der Waals surface area contributed by atoms with Crippen LogP contribution in [0, 0.1) is 0 Å². The Morgan fingerprint density at radius 1 is 0.974 bits per heavy atom. The van der Waals surface area contributed by atoms with Crippen molar-refractivity contribution in [1.82, 2.24) is 14.8 Å². The average Bonchev–Trinajstić information content (AvgIpc) is 3.34. The predicted octanol–water partition coefficient (Wildman–Crippen LogP) is 6.61. The molecule has 0 aliphatic heterocycles. The Hall–Kier alpha value is -3.48. The number of hydrogen-bond donors (Lipinski definition) is 1. The van der Waals surface area contributed by atoms with Gasteiger partial charge in [0.05, 0.1) is 17.2 Å². The standard InChI is InChI=1S/C30H31Cl2N3O3/c1-20(2)35(30(37)22-10-13-26(31)27(32)16-22)19-29(36)34(18-21-8-11-24(38-3)12-9-21)15-14-23-17-33-28-7-5-4-6-25(23)28/h4-13,16-17,20,33H,14-15,18-19H2,1-3H3. The number of fused-ring (bicyclic) bond motifs is 1. The third kappa shape index (κ3) is 6.50. The molecule has 1 aromatic heterocycles. The fourth-order valence-electron chi connectivity index (χ4n) is 4.37. The van der Waals surface area contributed by atoms with Gasteiger partial charge in [-0.3, -0.25) is 9.59 Å². The second-order valence-electron chi connectivity index (χ2n) is 9.43. The molecule has 0 saturated carbocycles. The summed E-state index contributed by atoms with van der Waals surface area (Å²) in [5, 5.41) is 1.81. The minimum atomic E-state index is -0.270. The van der Waals surface area contributed by atoms with Crippen molar-refractivity contribution < 1.29 is 14.3 Å². The SMILES string of the molecule is COc1ccc(CN(CCc2c[nH]c3ccccc23)C(=O)CN(C(=O)c2ccc(Cl)c(Cl)c2)C(C)C)cc1. The van der Waals surface area contributed by atoms with E-state index in [0.717, 1.165) is 27.8 Å². The van der Waals surface area contributed by atoms with Crippen LogP contribution >= 0.6 is 23.2 Å². The number of hydrogen-bond acceptors (Lipinski definition) is 3. The molecule has 0 spiro atoms. The molecule has 0 aliphatic rings. The molecule has 4 aromatic rings. The number of methoxy groups -OCH3 is 1. The lowest BCUT2D eigenvalue weighted by molar-refractivity contribution is -0.132. The van der Waals surface area contributed by atoms with E-state index in [1.807, 2.05) is 62.5 Å². The van der Waals surface area contributed by atoms with Crippen LogP contribution in [0.2, 0.25) is 10.0 Å². The van der Waals surface area contributed by atoms with Crippen molar-refractivity contribution >= 4 is 45.9 Å². The Balaban J connectivity index is 1.55. The maximum atomic E-state index is 13.7. The molecule has 4 rings (SSSR count). The third-order valence-corrected chi connectivity index (χ3v) is 7.31. The normalized spacial score (nSPS) is 11.1. The largest absolute Gasteiger partial charge is 0.497 e. The van der Waals surface area contributed by atoms with E-state index in [-0.39, 0.29) is 24.4 Å². The third-order valence-electron chi connectivity index (χ3n) is 6.57. The minimum absolute atomic E-state index is 0.0548. The number of rotatable bonds is 10. The molecular formula is C30H31Cl2N3O3. The molecule has 0 aliphatic carbocycles. The lowest BCUT2D eigenvalue weighted by Crippen LogP contribution is -2.46. The van der Waals surface area contributed by atoms with Crippen LogP contribution in [0.1, 0.15) is 35.3 Å². The number of para-hydroxylation sites is 1. The lowest BCUT2D eigenvalue weighted by Gasteiger charge is -2.30. The molecule has 0 saturated heterocycles. The van der Waals surface area contributed by atoms with E-state index in [1.54, 1.807) is 29.0 Å². The van der Waals surface area contributed by atoms with E-state index >= 15 is 0 Å². The van der Waals surface area contributed by atoms with Gasteiger partial charge in [-0.15, -0.1) is 0 Å². The monoisotopic (exact) mass is 551 g/mol. The number of carbonyl (C=O) groups is 2. The lowest BCUT2D eigenvalue weighted by atomic mass is 10.1. The molecule has 0 fully saturated rings. The second-order valence-corrected chi connectivity index (χ2v) is 10.2. The van der Waals surface area contributed by atoms with Crippen LogP contribution in [0.5, 0.6) is 5.75 Å². The molecule has 6 nitrogen and oxygen atoms in total. The van der Waals surface area contributed by atoms with Crippen molar-refractivity contribution in [3.05, 3.63) is 99.7 Å². The molecule has 2 amide bonds. The summed E-state index contributed by atoms with van der Waals surface area (Å²) in [4.78, 5) is 33.8. The Morgan fingerprint density at radius 2 is 1.71 bits per heavy atom. The number of benzene rings is 3. The highest BCUT2D eigenvalue weighted by Crippen LogP contribution is 2.24. The first kappa shape index (κ1) is 27.6. The summed E-state index contributed by atoms with van der Waals surface area (Å²) in [5.74, 6) is 0.347. The number of aromatic amines is 1. The van der Waals surface area contributed by atoms with E-state index in [2.05, 4.69) is 11.1 Å². The van der Waals surface area contributed by atoms with Gasteiger partial charge in [0, 0.05) is 41.8 Å². The van der Waals surface area contributed by atoms with Gasteiger partial charge in [-0.1, -0.05) is 53.5 Å². The highest BCUT2D eigenvalue weighted by atomic mass is 35.5. The van der Waals surface area contributed by atoms with Gasteiger partial charge < -0.3 is 19.5 Å². The van der Waals surface area contributed by atoms with Crippen molar-refractivity contribution in [2.45, 2.75) is 32.9 Å². The van der Waals surface area contributed by atoms with Crippen LogP contribution in [-0.4, -0.2) is 52.8 Å². The zero-order valence-electron chi connectivity index (χ0n) is 21.7. The van der Waals surface area contributed by atoms with Gasteiger partial charge in [0.25, 0.3) is 5.91 Å². The smallest absolute Gasteiger partial charge is 0.254 e. The zero-order valence-corrected chi connectivity index (χ0v) is 23.2. The number of nitrogens with zero attached hydrogens (tertiary/aromatic N) is 2. The number of H-pyrrole nitrogens is 1. The van der Waals surface area contributed by atoms with Gasteiger partial charge in [0.15, 0.2) is 0 Å². The average molecular weight is 553 g/mol. The number of halogens is 2. The first-order chi connectivity index (χ1) is 18.3. The molecular weight excluding hydrogens is 521 g/mol. The highest BCUT2D eigenvalue weighted by molar-refractivity contribution is 6.42. The number of nitrogens with one attached hydrogen (secondary N) is 1. The zero-order chi connectivity index (χ0) is 27.2. The van der Waals surface area contributed by atoms with Gasteiger partial charge in [0.1, 0.15) is 12.3 Å². The Bertz CT molecular complexity index is 1420. The molecule has 0 radical (unpaired) electrons. The van der Waals surface area contributed by atoms with Gasteiger partial charge in [-0.05, 0) is 67.8 Å². The van der Waals surface area contributed by atoms with Gasteiger partial charge in [-0.2, -0.15) is 0 Å².